The highest BCUT2D eigenvalue weighted by atomic mass is 19.3. The van der Waals surface area contributed by atoms with Gasteiger partial charge in [0, 0.05) is 63.1 Å². The first-order valence-electron chi connectivity index (χ1n) is 13.3. The van der Waals surface area contributed by atoms with Crippen molar-refractivity contribution in [2.24, 2.45) is 0 Å². The lowest BCUT2D eigenvalue weighted by molar-refractivity contribution is -0.170. The maximum absolute atomic E-state index is 15.1. The van der Waals surface area contributed by atoms with E-state index in [-0.39, 0.29) is 11.8 Å². The molecule has 35 heavy (non-hydrogen) atoms. The van der Waals surface area contributed by atoms with Crippen molar-refractivity contribution in [3.8, 4) is 0 Å². The molecule has 3 heterocycles. The number of carbonyl (C=O) groups excluding carboxylic acids is 1. The van der Waals surface area contributed by atoms with Crippen LogP contribution in [0.1, 0.15) is 83.3 Å². The standard InChI is InChI=1S/C25H39F2N5O3/c1-17(2)30-13-15-31(16-14-30)19-5-4-8-25(26,27)20(19)34-23(33)32-11-9-24(3,10-12-32)22-28-21(35-29-22)18-6-7-18/h17-20H,4-16H2,1-3H3/t19?,20-/m1/s1. The first kappa shape index (κ1) is 24.9. The lowest BCUT2D eigenvalue weighted by atomic mass is 9.80. The predicted octanol–water partition coefficient (Wildman–Crippen LogP) is 4.02. The topological polar surface area (TPSA) is 74.9 Å². The van der Waals surface area contributed by atoms with Gasteiger partial charge in [0.1, 0.15) is 0 Å². The maximum Gasteiger partial charge on any atom is 0.410 e. The van der Waals surface area contributed by atoms with Crippen LogP contribution in [0.5, 0.6) is 0 Å². The van der Waals surface area contributed by atoms with E-state index in [0.717, 1.165) is 39.0 Å². The fourth-order valence-corrected chi connectivity index (χ4v) is 5.81. The van der Waals surface area contributed by atoms with Crippen LogP contribution in [0.4, 0.5) is 13.6 Å². The highest BCUT2D eigenvalue weighted by Gasteiger charge is 2.52. The second-order valence-corrected chi connectivity index (χ2v) is 11.5. The van der Waals surface area contributed by atoms with Crippen molar-refractivity contribution in [2.75, 3.05) is 39.3 Å². The summed E-state index contributed by atoms with van der Waals surface area (Å²) in [5, 5.41) is 4.20. The number of likely N-dealkylation sites (tertiary alicyclic amines) is 1. The molecule has 1 unspecified atom stereocenters. The maximum atomic E-state index is 15.1. The zero-order valence-electron chi connectivity index (χ0n) is 21.2. The molecule has 10 heteroatoms. The Morgan fingerprint density at radius 2 is 1.74 bits per heavy atom. The monoisotopic (exact) mass is 495 g/mol. The predicted molar refractivity (Wildman–Crippen MR) is 126 cm³/mol. The van der Waals surface area contributed by atoms with Gasteiger partial charge in [0.15, 0.2) is 11.9 Å². The number of ether oxygens (including phenoxy) is 1. The molecule has 1 amide bonds. The highest BCUT2D eigenvalue weighted by molar-refractivity contribution is 5.68. The summed E-state index contributed by atoms with van der Waals surface area (Å²) in [6.45, 7) is 10.4. The minimum Gasteiger partial charge on any atom is -0.438 e. The molecule has 1 aromatic heterocycles. The van der Waals surface area contributed by atoms with Crippen LogP contribution in [0.3, 0.4) is 0 Å². The largest absolute Gasteiger partial charge is 0.438 e. The van der Waals surface area contributed by atoms with Gasteiger partial charge in [0.2, 0.25) is 5.89 Å². The molecular weight excluding hydrogens is 456 g/mol. The van der Waals surface area contributed by atoms with E-state index in [2.05, 4.69) is 40.7 Å². The molecule has 0 spiro atoms. The van der Waals surface area contributed by atoms with Gasteiger partial charge in [-0.3, -0.25) is 9.80 Å². The number of hydrogen-bond donors (Lipinski definition) is 0. The number of piperazine rings is 1. The summed E-state index contributed by atoms with van der Waals surface area (Å²) in [5.74, 6) is -1.22. The van der Waals surface area contributed by atoms with Gasteiger partial charge in [-0.2, -0.15) is 4.98 Å². The molecule has 0 aromatic carbocycles. The first-order chi connectivity index (χ1) is 16.7. The zero-order valence-corrected chi connectivity index (χ0v) is 21.2. The molecular formula is C25H39F2N5O3. The minimum atomic E-state index is -3.01. The summed E-state index contributed by atoms with van der Waals surface area (Å²) < 4.78 is 41.2. The van der Waals surface area contributed by atoms with Gasteiger partial charge < -0.3 is 14.2 Å². The molecule has 5 rings (SSSR count). The number of carbonyl (C=O) groups is 1. The number of alkyl halides is 2. The lowest BCUT2D eigenvalue weighted by Crippen LogP contribution is -2.61. The van der Waals surface area contributed by atoms with Crippen LogP contribution < -0.4 is 0 Å². The average Bonchev–Trinajstić information content (AvgIpc) is 3.56. The Morgan fingerprint density at radius 3 is 2.37 bits per heavy atom. The summed E-state index contributed by atoms with van der Waals surface area (Å²) in [6.07, 6.45) is 2.31. The van der Waals surface area contributed by atoms with Gasteiger partial charge in [-0.1, -0.05) is 12.1 Å². The Hall–Kier alpha value is -1.81. The third kappa shape index (κ3) is 5.19. The Bertz CT molecular complexity index is 889. The van der Waals surface area contributed by atoms with Gasteiger partial charge in [-0.15, -0.1) is 0 Å². The third-order valence-corrected chi connectivity index (χ3v) is 8.59. The second kappa shape index (κ2) is 9.57. The molecule has 1 aromatic rings. The SMILES string of the molecule is CC(C)N1CCN(C2CCCC(F)(F)[C@@H]2OC(=O)N2CCC(C)(c3noc(C4CC4)n3)CC2)CC1. The molecule has 4 aliphatic rings. The van der Waals surface area contributed by atoms with E-state index in [1.54, 1.807) is 4.90 Å². The van der Waals surface area contributed by atoms with E-state index >= 15 is 8.78 Å². The number of piperidine rings is 1. The van der Waals surface area contributed by atoms with E-state index in [1.807, 2.05) is 0 Å². The molecule has 2 aliphatic carbocycles. The molecule has 196 valence electrons. The van der Waals surface area contributed by atoms with Crippen LogP contribution >= 0.6 is 0 Å². The number of amides is 1. The first-order valence-corrected chi connectivity index (χ1v) is 13.3. The quantitative estimate of drug-likeness (QED) is 0.611. The average molecular weight is 496 g/mol. The van der Waals surface area contributed by atoms with Crippen LogP contribution in [0.2, 0.25) is 0 Å². The summed E-state index contributed by atoms with van der Waals surface area (Å²) in [5.41, 5.74) is -0.291. The van der Waals surface area contributed by atoms with Crippen molar-refractivity contribution in [1.29, 1.82) is 0 Å². The normalized spacial score (nSPS) is 29.9. The van der Waals surface area contributed by atoms with Gasteiger partial charge >= 0.3 is 6.09 Å². The van der Waals surface area contributed by atoms with Gasteiger partial charge in [0.05, 0.1) is 6.04 Å². The Kier molecular flexibility index (Phi) is 6.80. The smallest absolute Gasteiger partial charge is 0.410 e. The molecule has 2 atom stereocenters. The number of aromatic nitrogens is 2. The number of halogens is 2. The van der Waals surface area contributed by atoms with Gasteiger partial charge in [-0.05, 0) is 52.4 Å². The molecule has 2 aliphatic heterocycles. The van der Waals surface area contributed by atoms with Crippen LogP contribution in [0.25, 0.3) is 0 Å². The highest BCUT2D eigenvalue weighted by Crippen LogP contribution is 2.42. The zero-order chi connectivity index (χ0) is 24.8. The minimum absolute atomic E-state index is 0.230. The fourth-order valence-electron chi connectivity index (χ4n) is 5.81. The van der Waals surface area contributed by atoms with Crippen LogP contribution in [0, 0.1) is 0 Å². The number of nitrogens with zero attached hydrogens (tertiary/aromatic N) is 5. The lowest BCUT2D eigenvalue weighted by Gasteiger charge is -2.47. The van der Waals surface area contributed by atoms with Crippen LogP contribution in [-0.2, 0) is 10.2 Å². The third-order valence-electron chi connectivity index (χ3n) is 8.59. The number of rotatable bonds is 5. The second-order valence-electron chi connectivity index (χ2n) is 11.5. The molecule has 8 nitrogen and oxygen atoms in total. The van der Waals surface area contributed by atoms with Crippen molar-refractivity contribution in [3.63, 3.8) is 0 Å². The Labute approximate surface area is 206 Å². The van der Waals surface area contributed by atoms with Crippen molar-refractivity contribution >= 4 is 6.09 Å². The van der Waals surface area contributed by atoms with Crippen molar-refractivity contribution in [2.45, 2.75) is 101 Å². The molecule has 2 saturated heterocycles. The van der Waals surface area contributed by atoms with E-state index in [9.17, 15) is 4.79 Å². The Balaban J connectivity index is 1.20. The Morgan fingerprint density at radius 1 is 1.06 bits per heavy atom. The van der Waals surface area contributed by atoms with E-state index in [4.69, 9.17) is 9.26 Å². The van der Waals surface area contributed by atoms with Crippen molar-refractivity contribution in [1.82, 2.24) is 24.8 Å². The van der Waals surface area contributed by atoms with Crippen molar-refractivity contribution < 1.29 is 22.8 Å². The van der Waals surface area contributed by atoms with Crippen LogP contribution in [-0.4, -0.2) is 94.3 Å². The number of hydrogen-bond acceptors (Lipinski definition) is 7. The van der Waals surface area contributed by atoms with Gasteiger partial charge in [0.25, 0.3) is 5.92 Å². The molecule has 0 radical (unpaired) electrons. The molecule has 2 saturated carbocycles. The summed E-state index contributed by atoms with van der Waals surface area (Å²) in [7, 11) is 0. The summed E-state index contributed by atoms with van der Waals surface area (Å²) >= 11 is 0. The van der Waals surface area contributed by atoms with Crippen molar-refractivity contribution in [3.05, 3.63) is 11.7 Å². The molecule has 4 fully saturated rings. The van der Waals surface area contributed by atoms with E-state index < -0.39 is 24.2 Å². The summed E-state index contributed by atoms with van der Waals surface area (Å²) in [6, 6.07) is 0.00310. The van der Waals surface area contributed by atoms with Crippen LogP contribution in [0.15, 0.2) is 4.52 Å². The molecule has 0 bridgehead atoms. The fraction of sp³-hybridized carbons (Fsp3) is 0.880. The van der Waals surface area contributed by atoms with Gasteiger partial charge in [-0.25, -0.2) is 13.6 Å². The van der Waals surface area contributed by atoms with E-state index in [1.165, 1.54) is 0 Å². The summed E-state index contributed by atoms with van der Waals surface area (Å²) in [4.78, 5) is 23.7. The molecule has 0 N–H and O–H groups in total. The van der Waals surface area contributed by atoms with E-state index in [0.29, 0.717) is 62.4 Å².